The molecule has 152 valence electrons. The summed E-state index contributed by atoms with van der Waals surface area (Å²) in [7, 11) is 1.58. The summed E-state index contributed by atoms with van der Waals surface area (Å²) in [6.45, 7) is 0. The minimum atomic E-state index is -4.57. The van der Waals surface area contributed by atoms with Gasteiger partial charge in [-0.05, 0) is 54.1 Å². The van der Waals surface area contributed by atoms with Crippen LogP contribution in [0, 0.1) is 5.82 Å². The van der Waals surface area contributed by atoms with Crippen LogP contribution in [0.2, 0.25) is 0 Å². The van der Waals surface area contributed by atoms with Crippen molar-refractivity contribution in [2.24, 2.45) is 0 Å². The first kappa shape index (κ1) is 19.6. The third kappa shape index (κ3) is 3.52. The SMILES string of the molecule is CN(c1ccccn1)N1C(=O)c2ccc(C(F)(F)F)cc2C1=Cc1cccc(F)c1. The number of alkyl halides is 3. The van der Waals surface area contributed by atoms with E-state index < -0.39 is 23.5 Å². The smallest absolute Gasteiger partial charge is 0.267 e. The van der Waals surface area contributed by atoms with Crippen molar-refractivity contribution in [3.63, 3.8) is 0 Å². The summed E-state index contributed by atoms with van der Waals surface area (Å²) in [6, 6.07) is 13.6. The predicted octanol–water partition coefficient (Wildman–Crippen LogP) is 5.24. The molecule has 0 fully saturated rings. The van der Waals surface area contributed by atoms with Gasteiger partial charge in [0.05, 0.1) is 16.8 Å². The Morgan fingerprint density at radius 2 is 1.80 bits per heavy atom. The summed E-state index contributed by atoms with van der Waals surface area (Å²) >= 11 is 0. The lowest BCUT2D eigenvalue weighted by atomic mass is 10.0. The van der Waals surface area contributed by atoms with E-state index in [9.17, 15) is 22.4 Å². The molecule has 0 radical (unpaired) electrons. The van der Waals surface area contributed by atoms with Crippen LogP contribution in [0.15, 0.2) is 66.9 Å². The third-order valence-corrected chi connectivity index (χ3v) is 4.71. The maximum atomic E-state index is 13.7. The highest BCUT2D eigenvalue weighted by Crippen LogP contribution is 2.40. The van der Waals surface area contributed by atoms with Crippen LogP contribution in [0.3, 0.4) is 0 Å². The zero-order valence-corrected chi connectivity index (χ0v) is 15.7. The number of hydrazine groups is 1. The fourth-order valence-electron chi connectivity index (χ4n) is 3.30. The molecule has 0 spiro atoms. The van der Waals surface area contributed by atoms with Gasteiger partial charge in [-0.1, -0.05) is 18.2 Å². The van der Waals surface area contributed by atoms with Crippen LogP contribution in [0.1, 0.15) is 27.0 Å². The van der Waals surface area contributed by atoms with Crippen molar-refractivity contribution in [3.05, 3.63) is 94.9 Å². The first-order chi connectivity index (χ1) is 14.3. The standard InChI is InChI=1S/C22H15F4N3O/c1-28(20-7-2-3-10-27-20)29-19(12-14-5-4-6-16(23)11-14)18-13-15(22(24,25)26)8-9-17(18)21(29)30/h2-13H,1H3. The number of carbonyl (C=O) groups excluding carboxylic acids is 1. The van der Waals surface area contributed by atoms with E-state index in [2.05, 4.69) is 4.98 Å². The van der Waals surface area contributed by atoms with Crippen LogP contribution < -0.4 is 5.01 Å². The summed E-state index contributed by atoms with van der Waals surface area (Å²) in [5.74, 6) is -0.586. The summed E-state index contributed by atoms with van der Waals surface area (Å²) in [5.41, 5.74) is -0.0424. The second-order valence-electron chi connectivity index (χ2n) is 6.67. The largest absolute Gasteiger partial charge is 0.416 e. The quantitative estimate of drug-likeness (QED) is 0.551. The molecule has 0 aliphatic carbocycles. The van der Waals surface area contributed by atoms with Crippen LogP contribution in [0.4, 0.5) is 23.4 Å². The molecule has 1 aromatic heterocycles. The van der Waals surface area contributed by atoms with Gasteiger partial charge in [-0.2, -0.15) is 13.2 Å². The molecule has 0 unspecified atom stereocenters. The van der Waals surface area contributed by atoms with Crippen molar-refractivity contribution in [2.75, 3.05) is 12.1 Å². The summed E-state index contributed by atoms with van der Waals surface area (Å²) in [6.07, 6.45) is -1.55. The van der Waals surface area contributed by atoms with Crippen molar-refractivity contribution in [1.82, 2.24) is 9.99 Å². The lowest BCUT2D eigenvalue weighted by Crippen LogP contribution is -2.39. The van der Waals surface area contributed by atoms with E-state index in [0.29, 0.717) is 11.4 Å². The number of nitrogens with zero attached hydrogens (tertiary/aromatic N) is 3. The Hall–Kier alpha value is -3.68. The number of fused-ring (bicyclic) bond motifs is 1. The highest BCUT2D eigenvalue weighted by Gasteiger charge is 2.39. The van der Waals surface area contributed by atoms with Crippen molar-refractivity contribution < 1.29 is 22.4 Å². The van der Waals surface area contributed by atoms with Crippen molar-refractivity contribution in [2.45, 2.75) is 6.18 Å². The number of anilines is 1. The topological polar surface area (TPSA) is 36.4 Å². The number of pyridine rings is 1. The number of aromatic nitrogens is 1. The van der Waals surface area contributed by atoms with Gasteiger partial charge >= 0.3 is 6.18 Å². The first-order valence-electron chi connectivity index (χ1n) is 8.94. The van der Waals surface area contributed by atoms with Crippen molar-refractivity contribution in [3.8, 4) is 0 Å². The fourth-order valence-corrected chi connectivity index (χ4v) is 3.30. The Balaban J connectivity index is 1.90. The molecule has 1 aliphatic heterocycles. The molecular weight excluding hydrogens is 398 g/mol. The molecule has 0 saturated heterocycles. The molecule has 30 heavy (non-hydrogen) atoms. The molecule has 1 amide bonds. The number of halogens is 4. The van der Waals surface area contributed by atoms with Crippen LogP contribution in [-0.2, 0) is 6.18 Å². The molecule has 0 bridgehead atoms. The summed E-state index contributed by atoms with van der Waals surface area (Å²) in [5, 5.41) is 2.68. The molecule has 2 heterocycles. The molecule has 1 aliphatic rings. The summed E-state index contributed by atoms with van der Waals surface area (Å²) < 4.78 is 53.6. The number of hydrogen-bond acceptors (Lipinski definition) is 3. The van der Waals surface area contributed by atoms with Gasteiger partial charge in [0.15, 0.2) is 0 Å². The van der Waals surface area contributed by atoms with E-state index in [4.69, 9.17) is 0 Å². The lowest BCUT2D eigenvalue weighted by molar-refractivity contribution is -0.137. The molecule has 3 aromatic rings. The van der Waals surface area contributed by atoms with Crippen molar-refractivity contribution >= 4 is 23.5 Å². The molecule has 0 saturated carbocycles. The van der Waals surface area contributed by atoms with Gasteiger partial charge in [0, 0.05) is 18.8 Å². The maximum Gasteiger partial charge on any atom is 0.416 e. The number of hydrogen-bond donors (Lipinski definition) is 0. The van der Waals surface area contributed by atoms with E-state index in [-0.39, 0.29) is 16.8 Å². The Kier molecular flexibility index (Phi) is 4.77. The molecule has 4 nitrogen and oxygen atoms in total. The molecule has 4 rings (SSSR count). The predicted molar refractivity (Wildman–Crippen MR) is 105 cm³/mol. The van der Waals surface area contributed by atoms with Gasteiger partial charge in [0.25, 0.3) is 5.91 Å². The van der Waals surface area contributed by atoms with Crippen LogP contribution in [0.5, 0.6) is 0 Å². The Labute approximate surface area is 169 Å². The maximum absolute atomic E-state index is 13.7. The minimum absolute atomic E-state index is 0.113. The second-order valence-corrected chi connectivity index (χ2v) is 6.67. The van der Waals surface area contributed by atoms with Gasteiger partial charge in [0.1, 0.15) is 11.6 Å². The fraction of sp³-hybridized carbons (Fsp3) is 0.0909. The van der Waals surface area contributed by atoms with E-state index in [0.717, 1.165) is 18.2 Å². The zero-order valence-electron chi connectivity index (χ0n) is 15.7. The number of benzene rings is 2. The van der Waals surface area contributed by atoms with Gasteiger partial charge in [-0.3, -0.25) is 9.80 Å². The van der Waals surface area contributed by atoms with Crippen LogP contribution >= 0.6 is 0 Å². The zero-order chi connectivity index (χ0) is 21.5. The van der Waals surface area contributed by atoms with Gasteiger partial charge in [0.2, 0.25) is 0 Å². The van der Waals surface area contributed by atoms with E-state index >= 15 is 0 Å². The second kappa shape index (κ2) is 7.29. The number of amides is 1. The van der Waals surface area contributed by atoms with Crippen LogP contribution in [-0.4, -0.2) is 22.9 Å². The van der Waals surface area contributed by atoms with Gasteiger partial charge in [-0.25, -0.2) is 14.4 Å². The van der Waals surface area contributed by atoms with Crippen molar-refractivity contribution in [1.29, 1.82) is 0 Å². The van der Waals surface area contributed by atoms with Gasteiger partial charge in [-0.15, -0.1) is 0 Å². The van der Waals surface area contributed by atoms with E-state index in [1.54, 1.807) is 31.3 Å². The van der Waals surface area contributed by atoms with E-state index in [1.807, 2.05) is 0 Å². The highest BCUT2D eigenvalue weighted by atomic mass is 19.4. The monoisotopic (exact) mass is 413 g/mol. The number of rotatable bonds is 3. The molecule has 8 heteroatoms. The van der Waals surface area contributed by atoms with E-state index in [1.165, 1.54) is 40.5 Å². The third-order valence-electron chi connectivity index (χ3n) is 4.71. The number of carbonyl (C=O) groups is 1. The highest BCUT2D eigenvalue weighted by molar-refractivity contribution is 6.12. The minimum Gasteiger partial charge on any atom is -0.267 e. The molecule has 0 atom stereocenters. The first-order valence-corrected chi connectivity index (χ1v) is 8.94. The lowest BCUT2D eigenvalue weighted by Gasteiger charge is -2.30. The van der Waals surface area contributed by atoms with Gasteiger partial charge < -0.3 is 0 Å². The average molecular weight is 413 g/mol. The van der Waals surface area contributed by atoms with Crippen LogP contribution in [0.25, 0.3) is 11.8 Å². The molecule has 2 aromatic carbocycles. The Bertz CT molecular complexity index is 1140. The molecule has 0 N–H and O–H groups in total. The Morgan fingerprint density at radius 3 is 2.47 bits per heavy atom. The molecular formula is C22H15F4N3O. The Morgan fingerprint density at radius 1 is 1.00 bits per heavy atom. The average Bonchev–Trinajstić information content (AvgIpc) is 2.99. The summed E-state index contributed by atoms with van der Waals surface area (Å²) in [4.78, 5) is 17.3. The normalized spacial score (nSPS) is 14.9.